The van der Waals surface area contributed by atoms with Crippen molar-refractivity contribution in [2.24, 2.45) is 11.1 Å². The van der Waals surface area contributed by atoms with Crippen molar-refractivity contribution in [3.05, 3.63) is 35.1 Å². The molecule has 1 atom stereocenters. The first-order chi connectivity index (χ1) is 8.93. The number of nitrogens with two attached hydrogens (primary N) is 1. The smallest absolute Gasteiger partial charge is 0.224 e. The zero-order valence-electron chi connectivity index (χ0n) is 10.8. The van der Waals surface area contributed by atoms with E-state index >= 15 is 0 Å². The van der Waals surface area contributed by atoms with Crippen LogP contribution in [0.4, 0.5) is 4.39 Å². The molecule has 5 heteroatoms. The largest absolute Gasteiger partial charge is 0.369 e. The maximum Gasteiger partial charge on any atom is 0.224 e. The Hall–Kier alpha value is -1.93. The minimum atomic E-state index is -0.509. The monoisotopic (exact) mass is 261 g/mol. The molecule has 0 bridgehead atoms. The number of nitrogens with zero attached hydrogens (tertiary/aromatic N) is 2. The summed E-state index contributed by atoms with van der Waals surface area (Å²) in [4.78, 5) is 13.4. The lowest BCUT2D eigenvalue weighted by Gasteiger charge is -2.21. The van der Waals surface area contributed by atoms with Crippen molar-refractivity contribution in [3.8, 4) is 6.07 Å². The van der Waals surface area contributed by atoms with Crippen LogP contribution in [0.5, 0.6) is 0 Å². The van der Waals surface area contributed by atoms with Gasteiger partial charge in [0.25, 0.3) is 0 Å². The number of rotatable bonds is 3. The number of nitriles is 1. The maximum absolute atomic E-state index is 13.3. The highest BCUT2D eigenvalue weighted by Crippen LogP contribution is 2.30. The summed E-state index contributed by atoms with van der Waals surface area (Å²) in [5, 5.41) is 8.81. The number of hydrogen-bond acceptors (Lipinski definition) is 3. The van der Waals surface area contributed by atoms with Crippen molar-refractivity contribution >= 4 is 5.91 Å². The van der Waals surface area contributed by atoms with Crippen LogP contribution in [0.1, 0.15) is 24.5 Å². The van der Waals surface area contributed by atoms with E-state index in [0.717, 1.165) is 12.1 Å². The molecule has 0 aromatic heterocycles. The van der Waals surface area contributed by atoms with Crippen molar-refractivity contribution in [1.82, 2.24) is 4.90 Å². The molecule has 1 amide bonds. The van der Waals surface area contributed by atoms with Gasteiger partial charge < -0.3 is 5.73 Å². The number of hydrogen-bond donors (Lipinski definition) is 1. The van der Waals surface area contributed by atoms with Crippen molar-refractivity contribution in [2.75, 3.05) is 13.1 Å². The van der Waals surface area contributed by atoms with Crippen LogP contribution in [0.15, 0.2) is 18.2 Å². The Morgan fingerprint density at radius 1 is 1.58 bits per heavy atom. The Labute approximate surface area is 111 Å². The third-order valence-corrected chi connectivity index (χ3v) is 3.64. The Balaban J connectivity index is 2.10. The summed E-state index contributed by atoms with van der Waals surface area (Å²) < 4.78 is 13.3. The van der Waals surface area contributed by atoms with Crippen LogP contribution in [0.3, 0.4) is 0 Å². The lowest BCUT2D eigenvalue weighted by molar-refractivity contribution is -0.126. The summed E-state index contributed by atoms with van der Waals surface area (Å²) in [6, 6.07) is 6.23. The molecule has 1 saturated heterocycles. The molecule has 100 valence electrons. The van der Waals surface area contributed by atoms with E-state index < -0.39 is 11.2 Å². The number of primary amides is 1. The zero-order chi connectivity index (χ0) is 14.0. The third-order valence-electron chi connectivity index (χ3n) is 3.64. The van der Waals surface area contributed by atoms with Gasteiger partial charge in [-0.3, -0.25) is 9.69 Å². The minimum absolute atomic E-state index is 0.299. The van der Waals surface area contributed by atoms with Gasteiger partial charge in [-0.25, -0.2) is 4.39 Å². The Kier molecular flexibility index (Phi) is 3.54. The second-order valence-corrected chi connectivity index (χ2v) is 5.35. The topological polar surface area (TPSA) is 70.1 Å². The fourth-order valence-electron chi connectivity index (χ4n) is 2.46. The Morgan fingerprint density at radius 3 is 2.89 bits per heavy atom. The normalized spacial score (nSPS) is 23.2. The highest BCUT2D eigenvalue weighted by molar-refractivity contribution is 5.81. The fourth-order valence-corrected chi connectivity index (χ4v) is 2.46. The van der Waals surface area contributed by atoms with Crippen molar-refractivity contribution in [3.63, 3.8) is 0 Å². The third kappa shape index (κ3) is 2.91. The van der Waals surface area contributed by atoms with E-state index in [1.54, 1.807) is 6.07 Å². The van der Waals surface area contributed by atoms with E-state index in [-0.39, 0.29) is 5.91 Å². The van der Waals surface area contributed by atoms with Gasteiger partial charge in [-0.1, -0.05) is 0 Å². The standard InChI is InChI=1S/C14H16FN3O/c1-14(13(17)19)2-3-18(9-14)8-11-4-10(7-16)5-12(15)6-11/h4-6H,2-3,8-9H2,1H3,(H2,17,19). The SMILES string of the molecule is CC1(C(N)=O)CCN(Cc2cc(F)cc(C#N)c2)C1. The summed E-state index contributed by atoms with van der Waals surface area (Å²) in [7, 11) is 0. The van der Waals surface area contributed by atoms with Crippen LogP contribution in [0.2, 0.25) is 0 Å². The first-order valence-electron chi connectivity index (χ1n) is 6.15. The van der Waals surface area contributed by atoms with Gasteiger partial charge in [0, 0.05) is 13.1 Å². The van der Waals surface area contributed by atoms with Gasteiger partial charge in [0.1, 0.15) is 5.82 Å². The van der Waals surface area contributed by atoms with Gasteiger partial charge in [-0.2, -0.15) is 5.26 Å². The summed E-state index contributed by atoms with van der Waals surface area (Å²) >= 11 is 0. The quantitative estimate of drug-likeness (QED) is 0.894. The van der Waals surface area contributed by atoms with Crippen LogP contribution < -0.4 is 5.73 Å². The molecule has 0 saturated carbocycles. The number of carbonyl (C=O) groups excluding carboxylic acids is 1. The molecule has 0 spiro atoms. The molecule has 1 fully saturated rings. The first kappa shape index (κ1) is 13.5. The highest BCUT2D eigenvalue weighted by atomic mass is 19.1. The minimum Gasteiger partial charge on any atom is -0.369 e. The average Bonchev–Trinajstić information content (AvgIpc) is 2.71. The number of carbonyl (C=O) groups is 1. The molecule has 1 aromatic carbocycles. The van der Waals surface area contributed by atoms with Crippen molar-refractivity contribution in [2.45, 2.75) is 19.9 Å². The lowest BCUT2D eigenvalue weighted by atomic mass is 9.89. The van der Waals surface area contributed by atoms with E-state index in [4.69, 9.17) is 11.0 Å². The summed E-state index contributed by atoms with van der Waals surface area (Å²) in [6.07, 6.45) is 0.711. The predicted molar refractivity (Wildman–Crippen MR) is 68.3 cm³/mol. The molecule has 2 N–H and O–H groups in total. The van der Waals surface area contributed by atoms with E-state index in [1.165, 1.54) is 12.1 Å². The lowest BCUT2D eigenvalue weighted by Crippen LogP contribution is -2.36. The molecular formula is C14H16FN3O. The average molecular weight is 261 g/mol. The second kappa shape index (κ2) is 4.98. The highest BCUT2D eigenvalue weighted by Gasteiger charge is 2.38. The zero-order valence-corrected chi connectivity index (χ0v) is 10.8. The van der Waals surface area contributed by atoms with Crippen LogP contribution >= 0.6 is 0 Å². The van der Waals surface area contributed by atoms with Gasteiger partial charge in [-0.15, -0.1) is 0 Å². The second-order valence-electron chi connectivity index (χ2n) is 5.35. The van der Waals surface area contributed by atoms with Crippen LogP contribution in [0, 0.1) is 22.6 Å². The van der Waals surface area contributed by atoms with Crippen LogP contribution in [-0.4, -0.2) is 23.9 Å². The number of likely N-dealkylation sites (tertiary alicyclic amines) is 1. The Bertz CT molecular complexity index is 552. The molecule has 4 nitrogen and oxygen atoms in total. The van der Waals surface area contributed by atoms with E-state index in [2.05, 4.69) is 4.90 Å². The van der Waals surface area contributed by atoms with Gasteiger partial charge in [0.15, 0.2) is 0 Å². The number of halogens is 1. The van der Waals surface area contributed by atoms with Gasteiger partial charge >= 0.3 is 0 Å². The van der Waals surface area contributed by atoms with Gasteiger partial charge in [-0.05, 0) is 43.7 Å². The van der Waals surface area contributed by atoms with Crippen LogP contribution in [-0.2, 0) is 11.3 Å². The molecule has 0 radical (unpaired) electrons. The Morgan fingerprint density at radius 2 is 2.32 bits per heavy atom. The van der Waals surface area contributed by atoms with Crippen molar-refractivity contribution < 1.29 is 9.18 Å². The fraction of sp³-hybridized carbons (Fsp3) is 0.429. The molecule has 0 aliphatic carbocycles. The maximum atomic E-state index is 13.3. The first-order valence-corrected chi connectivity index (χ1v) is 6.15. The molecule has 19 heavy (non-hydrogen) atoms. The number of benzene rings is 1. The predicted octanol–water partition coefficient (Wildman–Crippen LogP) is 1.39. The molecule has 1 aliphatic rings. The summed E-state index contributed by atoms with van der Waals surface area (Å²) in [5.41, 5.74) is 5.93. The molecule has 1 aromatic rings. The van der Waals surface area contributed by atoms with Crippen molar-refractivity contribution in [1.29, 1.82) is 5.26 Å². The molecule has 1 aliphatic heterocycles. The van der Waals surface area contributed by atoms with Crippen LogP contribution in [0.25, 0.3) is 0 Å². The van der Waals surface area contributed by atoms with E-state index in [1.807, 2.05) is 13.0 Å². The summed E-state index contributed by atoms with van der Waals surface area (Å²) in [6.45, 7) is 3.69. The van der Waals surface area contributed by atoms with Gasteiger partial charge in [0.05, 0.1) is 17.0 Å². The molecule has 1 unspecified atom stereocenters. The molecule has 1 heterocycles. The molecular weight excluding hydrogens is 245 g/mol. The van der Waals surface area contributed by atoms with E-state index in [0.29, 0.717) is 25.1 Å². The molecule has 2 rings (SSSR count). The van der Waals surface area contributed by atoms with E-state index in [9.17, 15) is 9.18 Å². The summed E-state index contributed by atoms with van der Waals surface area (Å²) in [5.74, 6) is -0.710. The number of amides is 1. The van der Waals surface area contributed by atoms with Gasteiger partial charge in [0.2, 0.25) is 5.91 Å².